The molecule has 0 aliphatic carbocycles. The van der Waals surface area contributed by atoms with Gasteiger partial charge >= 0.3 is 0 Å². The van der Waals surface area contributed by atoms with Gasteiger partial charge in [-0.2, -0.15) is 0 Å². The Labute approximate surface area is 201 Å². The lowest BCUT2D eigenvalue weighted by Gasteiger charge is -2.26. The summed E-state index contributed by atoms with van der Waals surface area (Å²) in [6.07, 6.45) is 1.83. The van der Waals surface area contributed by atoms with Crippen molar-refractivity contribution in [1.82, 2.24) is 19.7 Å². The SMILES string of the molecule is C=CCn1c(SCC(=O)N(Cc2ccccc2)C(C)C)nnc1-c1ccc(C(C)(C)C)cc1. The lowest BCUT2D eigenvalue weighted by Crippen LogP contribution is -2.37. The van der Waals surface area contributed by atoms with Crippen molar-refractivity contribution in [1.29, 1.82) is 0 Å². The molecule has 0 fully saturated rings. The molecule has 5 nitrogen and oxygen atoms in total. The zero-order valence-electron chi connectivity index (χ0n) is 20.3. The number of aromatic nitrogens is 3. The van der Waals surface area contributed by atoms with Crippen molar-refractivity contribution < 1.29 is 4.79 Å². The minimum absolute atomic E-state index is 0.0862. The Morgan fingerprint density at radius 1 is 1.09 bits per heavy atom. The summed E-state index contributed by atoms with van der Waals surface area (Å²) in [5.41, 5.74) is 3.49. The van der Waals surface area contributed by atoms with Crippen LogP contribution in [0.5, 0.6) is 0 Å². The fourth-order valence-corrected chi connectivity index (χ4v) is 4.40. The summed E-state index contributed by atoms with van der Waals surface area (Å²) in [6.45, 7) is 15.8. The second-order valence-corrected chi connectivity index (χ2v) is 10.4. The van der Waals surface area contributed by atoms with Crippen LogP contribution in [0, 0.1) is 0 Å². The maximum absolute atomic E-state index is 13.1. The van der Waals surface area contributed by atoms with E-state index in [9.17, 15) is 4.79 Å². The Balaban J connectivity index is 1.76. The van der Waals surface area contributed by atoms with E-state index in [2.05, 4.69) is 61.8 Å². The van der Waals surface area contributed by atoms with E-state index >= 15 is 0 Å². The molecule has 33 heavy (non-hydrogen) atoms. The Morgan fingerprint density at radius 3 is 2.33 bits per heavy atom. The average molecular weight is 463 g/mol. The molecule has 3 rings (SSSR count). The minimum Gasteiger partial charge on any atom is -0.335 e. The number of carbonyl (C=O) groups excluding carboxylic acids is 1. The van der Waals surface area contributed by atoms with Crippen molar-refractivity contribution in [2.45, 2.75) is 64.3 Å². The highest BCUT2D eigenvalue weighted by Crippen LogP contribution is 2.28. The second-order valence-electron chi connectivity index (χ2n) is 9.42. The zero-order chi connectivity index (χ0) is 24.0. The van der Waals surface area contributed by atoms with Gasteiger partial charge in [0.25, 0.3) is 0 Å². The van der Waals surface area contributed by atoms with Crippen LogP contribution in [0.1, 0.15) is 45.7 Å². The first-order valence-corrected chi connectivity index (χ1v) is 12.3. The highest BCUT2D eigenvalue weighted by atomic mass is 32.2. The van der Waals surface area contributed by atoms with Gasteiger partial charge in [0.2, 0.25) is 5.91 Å². The van der Waals surface area contributed by atoms with E-state index in [1.165, 1.54) is 17.3 Å². The van der Waals surface area contributed by atoms with Gasteiger partial charge in [-0.15, -0.1) is 16.8 Å². The quantitative estimate of drug-likeness (QED) is 0.291. The van der Waals surface area contributed by atoms with Crippen molar-refractivity contribution in [3.05, 3.63) is 78.4 Å². The summed E-state index contributed by atoms with van der Waals surface area (Å²) in [5.74, 6) is 1.18. The average Bonchev–Trinajstić information content (AvgIpc) is 3.18. The second kappa shape index (κ2) is 10.8. The van der Waals surface area contributed by atoms with Gasteiger partial charge in [0.05, 0.1) is 5.75 Å². The molecule has 3 aromatic rings. The molecule has 0 N–H and O–H groups in total. The number of amides is 1. The maximum Gasteiger partial charge on any atom is 0.233 e. The summed E-state index contributed by atoms with van der Waals surface area (Å²) in [7, 11) is 0. The highest BCUT2D eigenvalue weighted by Gasteiger charge is 2.21. The summed E-state index contributed by atoms with van der Waals surface area (Å²) in [6, 6.07) is 18.7. The molecule has 0 atom stereocenters. The molecule has 6 heteroatoms. The Kier molecular flexibility index (Phi) is 8.14. The molecule has 2 aromatic carbocycles. The van der Waals surface area contributed by atoms with Gasteiger partial charge in [0.15, 0.2) is 11.0 Å². The van der Waals surface area contributed by atoms with Gasteiger partial charge in [-0.05, 0) is 30.4 Å². The van der Waals surface area contributed by atoms with Crippen molar-refractivity contribution in [3.8, 4) is 11.4 Å². The number of rotatable bonds is 9. The van der Waals surface area contributed by atoms with E-state index in [1.54, 1.807) is 0 Å². The van der Waals surface area contributed by atoms with E-state index < -0.39 is 0 Å². The fraction of sp³-hybridized carbons (Fsp3) is 0.370. The predicted molar refractivity (Wildman–Crippen MR) is 137 cm³/mol. The van der Waals surface area contributed by atoms with E-state index in [0.29, 0.717) is 18.8 Å². The molecule has 0 aliphatic rings. The van der Waals surface area contributed by atoms with Crippen LogP contribution in [0.2, 0.25) is 0 Å². The van der Waals surface area contributed by atoms with E-state index in [1.807, 2.05) is 59.7 Å². The topological polar surface area (TPSA) is 51.0 Å². The first-order chi connectivity index (χ1) is 15.7. The number of allylic oxidation sites excluding steroid dienone is 1. The largest absolute Gasteiger partial charge is 0.335 e. The minimum atomic E-state index is 0.0862. The Morgan fingerprint density at radius 2 is 1.76 bits per heavy atom. The van der Waals surface area contributed by atoms with Crippen LogP contribution in [-0.4, -0.2) is 37.4 Å². The smallest absolute Gasteiger partial charge is 0.233 e. The van der Waals surface area contributed by atoms with Crippen molar-refractivity contribution >= 4 is 17.7 Å². The molecule has 0 spiro atoms. The molecule has 174 valence electrons. The van der Waals surface area contributed by atoms with Crippen LogP contribution in [0.4, 0.5) is 0 Å². The Hall–Kier alpha value is -2.86. The molecular formula is C27H34N4OS. The van der Waals surface area contributed by atoms with Crippen LogP contribution in [-0.2, 0) is 23.3 Å². The van der Waals surface area contributed by atoms with Gasteiger partial charge in [-0.25, -0.2) is 0 Å². The molecule has 0 radical (unpaired) electrons. The maximum atomic E-state index is 13.1. The number of thioether (sulfide) groups is 1. The van der Waals surface area contributed by atoms with Crippen molar-refractivity contribution in [2.75, 3.05) is 5.75 Å². The number of nitrogens with zero attached hydrogens (tertiary/aromatic N) is 4. The standard InChI is InChI=1S/C27H34N4OS/c1-7-17-30-25(22-13-15-23(16-14-22)27(4,5)6)28-29-26(30)33-19-24(32)31(20(2)3)18-21-11-9-8-10-12-21/h7-16,20H,1,17-19H2,2-6H3. The third kappa shape index (κ3) is 6.35. The number of hydrogen-bond acceptors (Lipinski definition) is 4. The zero-order valence-corrected chi connectivity index (χ0v) is 21.1. The van der Waals surface area contributed by atoms with Crippen LogP contribution < -0.4 is 0 Å². The van der Waals surface area contributed by atoms with E-state index in [0.717, 1.165) is 22.1 Å². The number of benzene rings is 2. The van der Waals surface area contributed by atoms with Crippen LogP contribution in [0.15, 0.2) is 72.4 Å². The highest BCUT2D eigenvalue weighted by molar-refractivity contribution is 7.99. The fourth-order valence-electron chi connectivity index (χ4n) is 3.57. The summed E-state index contributed by atoms with van der Waals surface area (Å²) in [4.78, 5) is 15.0. The summed E-state index contributed by atoms with van der Waals surface area (Å²) in [5, 5.41) is 9.57. The van der Waals surface area contributed by atoms with Gasteiger partial charge in [0.1, 0.15) is 0 Å². The molecule has 1 amide bonds. The first-order valence-electron chi connectivity index (χ1n) is 11.3. The van der Waals surface area contributed by atoms with Gasteiger partial charge in [-0.1, -0.05) is 93.2 Å². The third-order valence-corrected chi connectivity index (χ3v) is 6.45. The van der Waals surface area contributed by atoms with Gasteiger partial charge in [0, 0.05) is 24.7 Å². The van der Waals surface area contributed by atoms with Crippen LogP contribution >= 0.6 is 11.8 Å². The third-order valence-electron chi connectivity index (χ3n) is 5.50. The molecule has 0 saturated heterocycles. The lowest BCUT2D eigenvalue weighted by molar-refractivity contribution is -0.130. The normalized spacial score (nSPS) is 11.6. The van der Waals surface area contributed by atoms with E-state index in [-0.39, 0.29) is 17.4 Å². The molecule has 1 heterocycles. The van der Waals surface area contributed by atoms with Crippen molar-refractivity contribution in [3.63, 3.8) is 0 Å². The Bertz CT molecular complexity index is 1070. The van der Waals surface area contributed by atoms with E-state index in [4.69, 9.17) is 0 Å². The van der Waals surface area contributed by atoms with Crippen LogP contribution in [0.25, 0.3) is 11.4 Å². The molecule has 0 saturated carbocycles. The lowest BCUT2D eigenvalue weighted by atomic mass is 9.87. The van der Waals surface area contributed by atoms with Crippen LogP contribution in [0.3, 0.4) is 0 Å². The molecule has 1 aromatic heterocycles. The predicted octanol–water partition coefficient (Wildman–Crippen LogP) is 5.96. The molecular weight excluding hydrogens is 428 g/mol. The summed E-state index contributed by atoms with van der Waals surface area (Å²) < 4.78 is 2.02. The summed E-state index contributed by atoms with van der Waals surface area (Å²) >= 11 is 1.42. The van der Waals surface area contributed by atoms with Gasteiger partial charge in [-0.3, -0.25) is 9.36 Å². The van der Waals surface area contributed by atoms with Gasteiger partial charge < -0.3 is 4.90 Å². The molecule has 0 bridgehead atoms. The van der Waals surface area contributed by atoms with Crippen molar-refractivity contribution in [2.24, 2.45) is 0 Å². The monoisotopic (exact) mass is 462 g/mol. The molecule has 0 unspecified atom stereocenters. The molecule has 0 aliphatic heterocycles. The number of hydrogen-bond donors (Lipinski definition) is 0. The number of carbonyl (C=O) groups is 1. The first kappa shape index (κ1) is 24.8.